The second kappa shape index (κ2) is 5.79. The summed E-state index contributed by atoms with van der Waals surface area (Å²) in [6, 6.07) is 0. The van der Waals surface area contributed by atoms with Crippen LogP contribution >= 0.6 is 11.3 Å². The molecule has 15 heavy (non-hydrogen) atoms. The minimum absolute atomic E-state index is 0.311. The van der Waals surface area contributed by atoms with Crippen molar-refractivity contribution in [2.45, 2.75) is 13.0 Å². The van der Waals surface area contributed by atoms with Crippen molar-refractivity contribution in [1.82, 2.24) is 4.98 Å². The number of hydrogen-bond acceptors (Lipinski definition) is 6. The number of thiazole rings is 1. The maximum Gasteiger partial charge on any atom is 0.350 e. The number of aromatic nitrogens is 1. The standard InChI is InChI=1S/C9H14N2O3S/c1-13-5-6-8(9(12)14-2)15-7(11-6)3-4-10/h3-5,10H2,1-2H3. The molecule has 0 fully saturated rings. The molecule has 0 aliphatic carbocycles. The molecule has 5 nitrogen and oxygen atoms in total. The summed E-state index contributed by atoms with van der Waals surface area (Å²) in [5.41, 5.74) is 6.04. The van der Waals surface area contributed by atoms with Crippen LogP contribution in [0, 0.1) is 0 Å². The van der Waals surface area contributed by atoms with Crippen LogP contribution < -0.4 is 5.73 Å². The largest absolute Gasteiger partial charge is 0.465 e. The Morgan fingerprint density at radius 3 is 2.80 bits per heavy atom. The first-order valence-electron chi connectivity index (χ1n) is 4.48. The zero-order valence-corrected chi connectivity index (χ0v) is 9.60. The Labute approximate surface area is 92.2 Å². The minimum Gasteiger partial charge on any atom is -0.465 e. The molecule has 0 saturated carbocycles. The topological polar surface area (TPSA) is 74.4 Å². The van der Waals surface area contributed by atoms with E-state index in [9.17, 15) is 4.79 Å². The van der Waals surface area contributed by atoms with Gasteiger partial charge in [-0.1, -0.05) is 0 Å². The third-order valence-electron chi connectivity index (χ3n) is 1.75. The lowest BCUT2D eigenvalue weighted by atomic mass is 10.3. The van der Waals surface area contributed by atoms with Gasteiger partial charge in [-0.25, -0.2) is 9.78 Å². The predicted molar refractivity (Wildman–Crippen MR) is 56.9 cm³/mol. The van der Waals surface area contributed by atoms with Crippen molar-refractivity contribution in [3.63, 3.8) is 0 Å². The highest BCUT2D eigenvalue weighted by molar-refractivity contribution is 7.13. The molecular weight excluding hydrogens is 216 g/mol. The molecular formula is C9H14N2O3S. The van der Waals surface area contributed by atoms with E-state index in [-0.39, 0.29) is 5.97 Å². The Morgan fingerprint density at radius 2 is 2.27 bits per heavy atom. The number of carbonyl (C=O) groups excluding carboxylic acids is 1. The van der Waals surface area contributed by atoms with Crippen LogP contribution in [0.25, 0.3) is 0 Å². The number of nitrogens with two attached hydrogens (primary N) is 1. The zero-order chi connectivity index (χ0) is 11.3. The average molecular weight is 230 g/mol. The number of nitrogens with zero attached hydrogens (tertiary/aromatic N) is 1. The van der Waals surface area contributed by atoms with Crippen molar-refractivity contribution in [2.24, 2.45) is 5.73 Å². The Hall–Kier alpha value is -0.980. The van der Waals surface area contributed by atoms with Gasteiger partial charge in [0.05, 0.1) is 24.4 Å². The molecule has 0 bridgehead atoms. The summed E-state index contributed by atoms with van der Waals surface area (Å²) >= 11 is 1.31. The van der Waals surface area contributed by atoms with Gasteiger partial charge in [0.15, 0.2) is 0 Å². The van der Waals surface area contributed by atoms with Gasteiger partial charge in [-0.05, 0) is 6.54 Å². The van der Waals surface area contributed by atoms with Crippen LogP contribution in [0.2, 0.25) is 0 Å². The van der Waals surface area contributed by atoms with Crippen LogP contribution in [-0.2, 0) is 22.5 Å². The van der Waals surface area contributed by atoms with Crippen molar-refractivity contribution >= 4 is 17.3 Å². The number of esters is 1. The van der Waals surface area contributed by atoms with Gasteiger partial charge >= 0.3 is 5.97 Å². The van der Waals surface area contributed by atoms with Gasteiger partial charge in [0.2, 0.25) is 0 Å². The molecule has 0 saturated heterocycles. The second-order valence-corrected chi connectivity index (χ2v) is 3.93. The number of ether oxygens (including phenoxy) is 2. The van der Waals surface area contributed by atoms with E-state index in [1.54, 1.807) is 7.11 Å². The molecule has 1 aromatic heterocycles. The molecule has 1 rings (SSSR count). The molecule has 0 amide bonds. The third kappa shape index (κ3) is 2.98. The van der Waals surface area contributed by atoms with Gasteiger partial charge in [-0.2, -0.15) is 0 Å². The SMILES string of the molecule is COCc1nc(CCN)sc1C(=O)OC. The molecule has 0 radical (unpaired) electrons. The first-order valence-corrected chi connectivity index (χ1v) is 5.30. The Bertz CT molecular complexity index is 338. The molecule has 0 spiro atoms. The Morgan fingerprint density at radius 1 is 1.53 bits per heavy atom. The van der Waals surface area contributed by atoms with Crippen molar-refractivity contribution < 1.29 is 14.3 Å². The van der Waals surface area contributed by atoms with Gasteiger partial charge in [0.1, 0.15) is 4.88 Å². The Balaban J connectivity index is 2.94. The van der Waals surface area contributed by atoms with Gasteiger partial charge in [-0.15, -0.1) is 11.3 Å². The highest BCUT2D eigenvalue weighted by Gasteiger charge is 2.17. The van der Waals surface area contributed by atoms with Crippen molar-refractivity contribution in [3.8, 4) is 0 Å². The Kier molecular flexibility index (Phi) is 4.67. The van der Waals surface area contributed by atoms with Crippen LogP contribution in [0.4, 0.5) is 0 Å². The smallest absolute Gasteiger partial charge is 0.350 e. The maximum absolute atomic E-state index is 11.4. The summed E-state index contributed by atoms with van der Waals surface area (Å²) in [6.07, 6.45) is 0.665. The lowest BCUT2D eigenvalue weighted by Gasteiger charge is -1.98. The quantitative estimate of drug-likeness (QED) is 0.749. The molecule has 1 aromatic rings. The molecule has 6 heteroatoms. The first-order chi connectivity index (χ1) is 7.22. The highest BCUT2D eigenvalue weighted by atomic mass is 32.1. The van der Waals surface area contributed by atoms with E-state index < -0.39 is 0 Å². The molecule has 0 aliphatic rings. The monoisotopic (exact) mass is 230 g/mol. The number of carbonyl (C=O) groups is 1. The van der Waals surface area contributed by atoms with E-state index in [1.165, 1.54) is 18.4 Å². The summed E-state index contributed by atoms with van der Waals surface area (Å²) in [6.45, 7) is 0.825. The van der Waals surface area contributed by atoms with E-state index in [0.29, 0.717) is 30.1 Å². The van der Waals surface area contributed by atoms with Crippen molar-refractivity contribution in [2.75, 3.05) is 20.8 Å². The van der Waals surface area contributed by atoms with Crippen LogP contribution in [-0.4, -0.2) is 31.7 Å². The van der Waals surface area contributed by atoms with Crippen LogP contribution in [0.3, 0.4) is 0 Å². The molecule has 1 heterocycles. The number of hydrogen-bond donors (Lipinski definition) is 1. The summed E-state index contributed by atoms with van der Waals surface area (Å²) in [5, 5.41) is 0.838. The molecule has 0 aromatic carbocycles. The van der Waals surface area contributed by atoms with Crippen LogP contribution in [0.5, 0.6) is 0 Å². The summed E-state index contributed by atoms with van der Waals surface area (Å²) in [7, 11) is 2.91. The lowest BCUT2D eigenvalue weighted by Crippen LogP contribution is -2.03. The molecule has 0 atom stereocenters. The van der Waals surface area contributed by atoms with Crippen LogP contribution in [0.1, 0.15) is 20.4 Å². The fraction of sp³-hybridized carbons (Fsp3) is 0.556. The maximum atomic E-state index is 11.4. The van der Waals surface area contributed by atoms with Crippen molar-refractivity contribution in [3.05, 3.63) is 15.6 Å². The molecule has 2 N–H and O–H groups in total. The lowest BCUT2D eigenvalue weighted by molar-refractivity contribution is 0.0601. The van der Waals surface area contributed by atoms with Gasteiger partial charge in [0, 0.05) is 13.5 Å². The normalized spacial score (nSPS) is 10.3. The highest BCUT2D eigenvalue weighted by Crippen LogP contribution is 2.20. The van der Waals surface area contributed by atoms with Crippen molar-refractivity contribution in [1.29, 1.82) is 0 Å². The number of rotatable bonds is 5. The number of methoxy groups -OCH3 is 2. The predicted octanol–water partition coefficient (Wildman–Crippen LogP) is 0.577. The third-order valence-corrected chi connectivity index (χ3v) is 2.89. The van der Waals surface area contributed by atoms with E-state index in [4.69, 9.17) is 10.5 Å². The summed E-state index contributed by atoms with van der Waals surface area (Å²) in [5.74, 6) is -0.372. The fourth-order valence-electron chi connectivity index (χ4n) is 1.12. The van der Waals surface area contributed by atoms with Gasteiger partial charge in [-0.3, -0.25) is 0 Å². The molecule has 0 unspecified atom stereocenters. The first kappa shape index (κ1) is 12.1. The second-order valence-electron chi connectivity index (χ2n) is 2.85. The summed E-state index contributed by atoms with van der Waals surface area (Å²) in [4.78, 5) is 16.2. The van der Waals surface area contributed by atoms with Gasteiger partial charge < -0.3 is 15.2 Å². The summed E-state index contributed by atoms with van der Waals surface area (Å²) < 4.78 is 9.62. The minimum atomic E-state index is -0.372. The average Bonchev–Trinajstić information content (AvgIpc) is 2.61. The fourth-order valence-corrected chi connectivity index (χ4v) is 2.12. The van der Waals surface area contributed by atoms with E-state index in [2.05, 4.69) is 9.72 Å². The van der Waals surface area contributed by atoms with Gasteiger partial charge in [0.25, 0.3) is 0 Å². The zero-order valence-electron chi connectivity index (χ0n) is 8.78. The van der Waals surface area contributed by atoms with Crippen LogP contribution in [0.15, 0.2) is 0 Å². The molecule has 84 valence electrons. The van der Waals surface area contributed by atoms with E-state index in [1.807, 2.05) is 0 Å². The van der Waals surface area contributed by atoms with E-state index in [0.717, 1.165) is 5.01 Å². The van der Waals surface area contributed by atoms with E-state index >= 15 is 0 Å². The molecule has 0 aliphatic heterocycles.